The van der Waals surface area contributed by atoms with Crippen molar-refractivity contribution in [2.45, 2.75) is 13.8 Å². The Labute approximate surface area is 115 Å². The highest BCUT2D eigenvalue weighted by atomic mass is 19.1. The van der Waals surface area contributed by atoms with Gasteiger partial charge in [0.25, 0.3) is 0 Å². The van der Waals surface area contributed by atoms with Crippen LogP contribution >= 0.6 is 0 Å². The summed E-state index contributed by atoms with van der Waals surface area (Å²) in [7, 11) is 0. The standard InChI is InChI=1S/C15H13FN4/c1-10-4-3-5-14-17-11(2)15(20(10)14)19-18-13-8-6-12(16)7-9-13/h3-9H,1-2H3. The molecule has 20 heavy (non-hydrogen) atoms. The van der Waals surface area contributed by atoms with Crippen LogP contribution in [0.1, 0.15) is 11.4 Å². The monoisotopic (exact) mass is 268 g/mol. The number of aryl methyl sites for hydroxylation is 2. The molecule has 0 aliphatic heterocycles. The lowest BCUT2D eigenvalue weighted by molar-refractivity contribution is 0.628. The molecule has 3 aromatic rings. The molecule has 5 heteroatoms. The second kappa shape index (κ2) is 4.85. The minimum absolute atomic E-state index is 0.286. The maximum absolute atomic E-state index is 12.8. The molecule has 100 valence electrons. The summed E-state index contributed by atoms with van der Waals surface area (Å²) in [4.78, 5) is 4.45. The van der Waals surface area contributed by atoms with E-state index >= 15 is 0 Å². The number of benzene rings is 1. The van der Waals surface area contributed by atoms with E-state index in [4.69, 9.17) is 0 Å². The molecule has 2 aromatic heterocycles. The number of halogens is 1. The number of pyridine rings is 1. The topological polar surface area (TPSA) is 42.0 Å². The van der Waals surface area contributed by atoms with E-state index in [1.807, 2.05) is 36.4 Å². The number of hydrogen-bond donors (Lipinski definition) is 0. The van der Waals surface area contributed by atoms with Gasteiger partial charge in [-0.15, -0.1) is 10.2 Å². The van der Waals surface area contributed by atoms with E-state index in [9.17, 15) is 4.39 Å². The minimum atomic E-state index is -0.286. The Kier molecular flexibility index (Phi) is 3.02. The van der Waals surface area contributed by atoms with E-state index in [2.05, 4.69) is 15.2 Å². The van der Waals surface area contributed by atoms with Gasteiger partial charge in [0.2, 0.25) is 0 Å². The molecule has 4 nitrogen and oxygen atoms in total. The van der Waals surface area contributed by atoms with Crippen LogP contribution in [0.15, 0.2) is 52.7 Å². The Bertz CT molecular complexity index is 787. The Hall–Kier alpha value is -2.56. The molecule has 0 aliphatic rings. The lowest BCUT2D eigenvalue weighted by atomic mass is 10.3. The summed E-state index contributed by atoms with van der Waals surface area (Å²) in [5.41, 5.74) is 3.30. The van der Waals surface area contributed by atoms with Gasteiger partial charge < -0.3 is 0 Å². The van der Waals surface area contributed by atoms with Crippen molar-refractivity contribution in [1.82, 2.24) is 9.38 Å². The predicted molar refractivity (Wildman–Crippen MR) is 75.2 cm³/mol. The van der Waals surface area contributed by atoms with E-state index in [0.717, 1.165) is 17.0 Å². The molecule has 2 heterocycles. The maximum Gasteiger partial charge on any atom is 0.182 e. The highest BCUT2D eigenvalue weighted by molar-refractivity contribution is 5.53. The highest BCUT2D eigenvalue weighted by Crippen LogP contribution is 2.24. The summed E-state index contributed by atoms with van der Waals surface area (Å²) in [6.45, 7) is 3.89. The zero-order valence-corrected chi connectivity index (χ0v) is 11.2. The van der Waals surface area contributed by atoms with E-state index < -0.39 is 0 Å². The van der Waals surface area contributed by atoms with Crippen molar-refractivity contribution in [2.24, 2.45) is 10.2 Å². The van der Waals surface area contributed by atoms with Gasteiger partial charge in [0.05, 0.1) is 11.4 Å². The van der Waals surface area contributed by atoms with Crippen molar-refractivity contribution in [3.05, 3.63) is 59.7 Å². The number of azo groups is 1. The number of aromatic nitrogens is 2. The van der Waals surface area contributed by atoms with Crippen LogP contribution in [-0.2, 0) is 0 Å². The Balaban J connectivity index is 2.06. The average Bonchev–Trinajstić information content (AvgIpc) is 2.75. The van der Waals surface area contributed by atoms with Gasteiger partial charge in [-0.05, 0) is 50.2 Å². The van der Waals surface area contributed by atoms with Gasteiger partial charge in [-0.25, -0.2) is 9.37 Å². The number of rotatable bonds is 2. The lowest BCUT2D eigenvalue weighted by Gasteiger charge is -2.00. The molecule has 0 saturated heterocycles. The molecular weight excluding hydrogens is 255 g/mol. The van der Waals surface area contributed by atoms with Crippen molar-refractivity contribution >= 4 is 17.2 Å². The molecule has 0 N–H and O–H groups in total. The van der Waals surface area contributed by atoms with Gasteiger partial charge >= 0.3 is 0 Å². The van der Waals surface area contributed by atoms with Gasteiger partial charge in [0.15, 0.2) is 5.82 Å². The Morgan fingerprint density at radius 2 is 1.75 bits per heavy atom. The molecule has 0 radical (unpaired) electrons. The molecule has 0 amide bonds. The first-order chi connectivity index (χ1) is 9.65. The predicted octanol–water partition coefficient (Wildman–Crippen LogP) is 4.51. The third-order valence-electron chi connectivity index (χ3n) is 3.07. The molecule has 0 unspecified atom stereocenters. The first-order valence-electron chi connectivity index (χ1n) is 6.27. The molecule has 0 atom stereocenters. The van der Waals surface area contributed by atoms with Crippen molar-refractivity contribution in [3.8, 4) is 0 Å². The van der Waals surface area contributed by atoms with Crippen LogP contribution in [0.5, 0.6) is 0 Å². The lowest BCUT2D eigenvalue weighted by Crippen LogP contribution is -1.88. The van der Waals surface area contributed by atoms with Gasteiger partial charge in [-0.2, -0.15) is 0 Å². The highest BCUT2D eigenvalue weighted by Gasteiger charge is 2.09. The Morgan fingerprint density at radius 1 is 1.00 bits per heavy atom. The second-order valence-corrected chi connectivity index (χ2v) is 4.56. The van der Waals surface area contributed by atoms with Crippen LogP contribution in [0.2, 0.25) is 0 Å². The zero-order chi connectivity index (χ0) is 14.1. The molecule has 0 fully saturated rings. The van der Waals surface area contributed by atoms with E-state index in [1.165, 1.54) is 12.1 Å². The third-order valence-corrected chi connectivity index (χ3v) is 3.07. The van der Waals surface area contributed by atoms with Crippen LogP contribution in [0.3, 0.4) is 0 Å². The van der Waals surface area contributed by atoms with Gasteiger partial charge in [0, 0.05) is 5.69 Å². The van der Waals surface area contributed by atoms with Crippen LogP contribution in [0.4, 0.5) is 15.9 Å². The third kappa shape index (κ3) is 2.18. The summed E-state index contributed by atoms with van der Waals surface area (Å²) in [6, 6.07) is 11.8. The minimum Gasteiger partial charge on any atom is -0.280 e. The summed E-state index contributed by atoms with van der Waals surface area (Å²) >= 11 is 0. The number of hydrogen-bond acceptors (Lipinski definition) is 3. The van der Waals surface area contributed by atoms with Gasteiger partial charge in [-0.1, -0.05) is 6.07 Å². The van der Waals surface area contributed by atoms with Crippen LogP contribution in [0, 0.1) is 19.7 Å². The molecule has 0 bridgehead atoms. The van der Waals surface area contributed by atoms with Gasteiger partial charge in [-0.3, -0.25) is 4.40 Å². The summed E-state index contributed by atoms with van der Waals surface area (Å²) in [5, 5.41) is 8.40. The molecular formula is C15H13FN4. The summed E-state index contributed by atoms with van der Waals surface area (Å²) < 4.78 is 14.8. The molecule has 0 aliphatic carbocycles. The SMILES string of the molecule is Cc1nc2cccc(C)n2c1N=Nc1ccc(F)cc1. The van der Waals surface area contributed by atoms with E-state index in [0.29, 0.717) is 11.5 Å². The normalized spacial score (nSPS) is 11.6. The van der Waals surface area contributed by atoms with Gasteiger partial charge in [0.1, 0.15) is 11.5 Å². The van der Waals surface area contributed by atoms with Crippen molar-refractivity contribution in [3.63, 3.8) is 0 Å². The molecule has 0 spiro atoms. The van der Waals surface area contributed by atoms with E-state index in [-0.39, 0.29) is 5.82 Å². The largest absolute Gasteiger partial charge is 0.280 e. The average molecular weight is 268 g/mol. The zero-order valence-electron chi connectivity index (χ0n) is 11.2. The van der Waals surface area contributed by atoms with Crippen molar-refractivity contribution in [1.29, 1.82) is 0 Å². The van der Waals surface area contributed by atoms with Crippen LogP contribution in [0.25, 0.3) is 5.65 Å². The number of imidazole rings is 1. The Morgan fingerprint density at radius 3 is 2.50 bits per heavy atom. The fourth-order valence-electron chi connectivity index (χ4n) is 2.08. The molecule has 3 rings (SSSR count). The summed E-state index contributed by atoms with van der Waals surface area (Å²) in [6.07, 6.45) is 0. The first kappa shape index (κ1) is 12.5. The van der Waals surface area contributed by atoms with Crippen molar-refractivity contribution in [2.75, 3.05) is 0 Å². The number of nitrogens with zero attached hydrogens (tertiary/aromatic N) is 4. The summed E-state index contributed by atoms with van der Waals surface area (Å²) in [5.74, 6) is 0.410. The van der Waals surface area contributed by atoms with Crippen LogP contribution < -0.4 is 0 Å². The quantitative estimate of drug-likeness (QED) is 0.631. The second-order valence-electron chi connectivity index (χ2n) is 4.56. The number of fused-ring (bicyclic) bond motifs is 1. The smallest absolute Gasteiger partial charge is 0.182 e. The molecule has 0 saturated carbocycles. The fourth-order valence-corrected chi connectivity index (χ4v) is 2.08. The first-order valence-corrected chi connectivity index (χ1v) is 6.27. The van der Waals surface area contributed by atoms with E-state index in [1.54, 1.807) is 12.1 Å². The maximum atomic E-state index is 12.8. The van der Waals surface area contributed by atoms with Crippen LogP contribution in [-0.4, -0.2) is 9.38 Å². The molecule has 1 aromatic carbocycles. The van der Waals surface area contributed by atoms with Crippen molar-refractivity contribution < 1.29 is 4.39 Å². The fraction of sp³-hybridized carbons (Fsp3) is 0.133.